The van der Waals surface area contributed by atoms with Crippen LogP contribution in [0.3, 0.4) is 0 Å². The summed E-state index contributed by atoms with van der Waals surface area (Å²) in [5, 5.41) is 7.39. The molecule has 37 heavy (non-hydrogen) atoms. The number of likely N-dealkylation sites (tertiary alicyclic amines) is 1. The SMILES string of the molecule is CC1CCCN(c2ccc(C(C)NC(=O)C3CCCN(Cc4nc(-c5ccc(Br)cc5)no4)C3)cc2)C1. The van der Waals surface area contributed by atoms with Crippen molar-refractivity contribution >= 4 is 27.5 Å². The van der Waals surface area contributed by atoms with Gasteiger partial charge in [-0.3, -0.25) is 9.69 Å². The van der Waals surface area contributed by atoms with Crippen LogP contribution < -0.4 is 10.2 Å². The molecule has 1 amide bonds. The molecule has 0 saturated carbocycles. The van der Waals surface area contributed by atoms with Gasteiger partial charge in [0, 0.05) is 35.4 Å². The fraction of sp³-hybridized carbons (Fsp3) is 0.483. The molecule has 2 aromatic carbocycles. The van der Waals surface area contributed by atoms with Crippen LogP contribution in [0.5, 0.6) is 0 Å². The third kappa shape index (κ3) is 6.60. The van der Waals surface area contributed by atoms with Crippen LogP contribution in [0.4, 0.5) is 5.69 Å². The summed E-state index contributed by atoms with van der Waals surface area (Å²) in [7, 11) is 0. The van der Waals surface area contributed by atoms with E-state index in [1.165, 1.54) is 18.5 Å². The van der Waals surface area contributed by atoms with Crippen molar-refractivity contribution in [1.29, 1.82) is 0 Å². The predicted molar refractivity (Wildman–Crippen MR) is 149 cm³/mol. The smallest absolute Gasteiger partial charge is 0.241 e. The number of halogens is 1. The van der Waals surface area contributed by atoms with Crippen LogP contribution in [0.15, 0.2) is 57.5 Å². The molecule has 8 heteroatoms. The molecule has 1 aromatic heterocycles. The Kier molecular flexibility index (Phi) is 8.25. The zero-order valence-electron chi connectivity index (χ0n) is 21.7. The molecule has 3 aromatic rings. The molecule has 3 unspecified atom stereocenters. The summed E-state index contributed by atoms with van der Waals surface area (Å²) in [6.45, 7) is 8.82. The topological polar surface area (TPSA) is 74.5 Å². The summed E-state index contributed by atoms with van der Waals surface area (Å²) in [6.07, 6.45) is 4.45. The van der Waals surface area contributed by atoms with E-state index in [2.05, 4.69) is 79.3 Å². The largest absolute Gasteiger partial charge is 0.371 e. The predicted octanol–water partition coefficient (Wildman–Crippen LogP) is 5.82. The van der Waals surface area contributed by atoms with Crippen LogP contribution in [0.2, 0.25) is 0 Å². The van der Waals surface area contributed by atoms with Gasteiger partial charge in [-0.2, -0.15) is 4.98 Å². The van der Waals surface area contributed by atoms with Gasteiger partial charge in [0.15, 0.2) is 0 Å². The molecule has 1 N–H and O–H groups in total. The number of hydrogen-bond acceptors (Lipinski definition) is 6. The molecule has 7 nitrogen and oxygen atoms in total. The molecule has 5 rings (SSSR count). The highest BCUT2D eigenvalue weighted by molar-refractivity contribution is 9.10. The first-order valence-corrected chi connectivity index (χ1v) is 14.2. The molecular weight excluding hydrogens is 530 g/mol. The van der Waals surface area contributed by atoms with Crippen LogP contribution in [0, 0.1) is 11.8 Å². The molecule has 0 bridgehead atoms. The molecule has 3 heterocycles. The Balaban J connectivity index is 1.14. The maximum Gasteiger partial charge on any atom is 0.241 e. The Labute approximate surface area is 227 Å². The number of carbonyl (C=O) groups is 1. The summed E-state index contributed by atoms with van der Waals surface area (Å²) in [5.74, 6) is 1.99. The quantitative estimate of drug-likeness (QED) is 0.388. The van der Waals surface area contributed by atoms with Crippen molar-refractivity contribution in [2.24, 2.45) is 11.8 Å². The van der Waals surface area contributed by atoms with Gasteiger partial charge in [0.2, 0.25) is 17.6 Å². The maximum atomic E-state index is 13.1. The Hall–Kier alpha value is -2.71. The van der Waals surface area contributed by atoms with Gasteiger partial charge >= 0.3 is 0 Å². The molecule has 2 aliphatic rings. The number of benzene rings is 2. The van der Waals surface area contributed by atoms with Crippen molar-refractivity contribution in [3.8, 4) is 11.4 Å². The lowest BCUT2D eigenvalue weighted by molar-refractivity contribution is -0.127. The first-order chi connectivity index (χ1) is 17.9. The van der Waals surface area contributed by atoms with Crippen molar-refractivity contribution in [3.05, 3.63) is 64.5 Å². The second-order valence-corrected chi connectivity index (χ2v) is 11.5. The van der Waals surface area contributed by atoms with E-state index < -0.39 is 0 Å². The van der Waals surface area contributed by atoms with Gasteiger partial charge < -0.3 is 14.7 Å². The number of piperidine rings is 2. The summed E-state index contributed by atoms with van der Waals surface area (Å²) >= 11 is 3.45. The summed E-state index contributed by atoms with van der Waals surface area (Å²) in [6, 6.07) is 16.5. The lowest BCUT2D eigenvalue weighted by Crippen LogP contribution is -2.43. The molecule has 0 radical (unpaired) electrons. The van der Waals surface area contributed by atoms with Gasteiger partial charge in [-0.15, -0.1) is 0 Å². The second kappa shape index (κ2) is 11.8. The van der Waals surface area contributed by atoms with Crippen molar-refractivity contribution < 1.29 is 9.32 Å². The first kappa shape index (κ1) is 25.9. The normalized spacial score (nSPS) is 21.5. The van der Waals surface area contributed by atoms with E-state index in [0.717, 1.165) is 54.0 Å². The molecule has 2 aliphatic heterocycles. The molecule has 2 saturated heterocycles. The highest BCUT2D eigenvalue weighted by Gasteiger charge is 2.28. The Bertz CT molecular complexity index is 1180. The Morgan fingerprint density at radius 3 is 2.59 bits per heavy atom. The molecule has 0 spiro atoms. The van der Waals surface area contributed by atoms with E-state index in [4.69, 9.17) is 4.52 Å². The highest BCUT2D eigenvalue weighted by atomic mass is 79.9. The van der Waals surface area contributed by atoms with Crippen LogP contribution in [0.1, 0.15) is 57.0 Å². The molecular formula is C29H36BrN5O2. The minimum absolute atomic E-state index is 0.0263. The van der Waals surface area contributed by atoms with E-state index in [9.17, 15) is 4.79 Å². The fourth-order valence-electron chi connectivity index (χ4n) is 5.45. The van der Waals surface area contributed by atoms with Gasteiger partial charge in [-0.05, 0) is 87.0 Å². The number of amides is 1. The molecule has 0 aliphatic carbocycles. The minimum atomic E-state index is -0.0424. The van der Waals surface area contributed by atoms with Gasteiger partial charge in [-0.1, -0.05) is 40.1 Å². The van der Waals surface area contributed by atoms with Crippen molar-refractivity contribution in [2.45, 2.75) is 52.1 Å². The standard InChI is InChI=1S/C29H36BrN5O2/c1-20-5-3-16-35(17-20)26-13-9-22(10-14-26)21(2)31-29(36)24-6-4-15-34(18-24)19-27-32-28(33-37-27)23-7-11-25(30)12-8-23/h7-14,20-21,24H,3-6,15-19H2,1-2H3,(H,31,36). The number of anilines is 1. The van der Waals surface area contributed by atoms with Crippen LogP contribution in [0.25, 0.3) is 11.4 Å². The lowest BCUT2D eigenvalue weighted by atomic mass is 9.96. The highest BCUT2D eigenvalue weighted by Crippen LogP contribution is 2.26. The van der Waals surface area contributed by atoms with Crippen molar-refractivity contribution in [3.63, 3.8) is 0 Å². The zero-order valence-corrected chi connectivity index (χ0v) is 23.3. The molecule has 196 valence electrons. The third-order valence-electron chi connectivity index (χ3n) is 7.58. The summed E-state index contributed by atoms with van der Waals surface area (Å²) < 4.78 is 6.52. The van der Waals surface area contributed by atoms with E-state index in [1.807, 2.05) is 24.3 Å². The average molecular weight is 567 g/mol. The first-order valence-electron chi connectivity index (χ1n) is 13.4. The maximum absolute atomic E-state index is 13.1. The number of hydrogen-bond donors (Lipinski definition) is 1. The number of rotatable bonds is 7. The monoisotopic (exact) mass is 565 g/mol. The molecule has 2 fully saturated rings. The number of carbonyl (C=O) groups excluding carboxylic acids is 1. The fourth-order valence-corrected chi connectivity index (χ4v) is 5.72. The van der Waals surface area contributed by atoms with Crippen LogP contribution >= 0.6 is 15.9 Å². The van der Waals surface area contributed by atoms with Crippen LogP contribution in [-0.2, 0) is 11.3 Å². The lowest BCUT2D eigenvalue weighted by Gasteiger charge is -2.33. The van der Waals surface area contributed by atoms with Gasteiger partial charge in [-0.25, -0.2) is 0 Å². The zero-order chi connectivity index (χ0) is 25.8. The third-order valence-corrected chi connectivity index (χ3v) is 8.11. The van der Waals surface area contributed by atoms with E-state index >= 15 is 0 Å². The summed E-state index contributed by atoms with van der Waals surface area (Å²) in [5.41, 5.74) is 3.34. The number of aromatic nitrogens is 2. The summed E-state index contributed by atoms with van der Waals surface area (Å²) in [4.78, 5) is 22.4. The Morgan fingerprint density at radius 2 is 1.84 bits per heavy atom. The Morgan fingerprint density at radius 1 is 1.08 bits per heavy atom. The van der Waals surface area contributed by atoms with Gasteiger partial charge in [0.1, 0.15) is 0 Å². The van der Waals surface area contributed by atoms with Gasteiger partial charge in [0.25, 0.3) is 0 Å². The van der Waals surface area contributed by atoms with E-state index in [-0.39, 0.29) is 17.9 Å². The number of nitrogens with zero attached hydrogens (tertiary/aromatic N) is 4. The molecule has 3 atom stereocenters. The van der Waals surface area contributed by atoms with E-state index in [1.54, 1.807) is 0 Å². The minimum Gasteiger partial charge on any atom is -0.371 e. The number of nitrogens with one attached hydrogen (secondary N) is 1. The second-order valence-electron chi connectivity index (χ2n) is 10.6. The van der Waals surface area contributed by atoms with Gasteiger partial charge in [0.05, 0.1) is 18.5 Å². The average Bonchev–Trinajstić information content (AvgIpc) is 3.37. The van der Waals surface area contributed by atoms with Crippen molar-refractivity contribution in [2.75, 3.05) is 31.1 Å². The van der Waals surface area contributed by atoms with E-state index in [0.29, 0.717) is 24.8 Å². The van der Waals surface area contributed by atoms with Crippen molar-refractivity contribution in [1.82, 2.24) is 20.4 Å². The van der Waals surface area contributed by atoms with Crippen LogP contribution in [-0.4, -0.2) is 47.1 Å².